The van der Waals surface area contributed by atoms with Crippen molar-refractivity contribution >= 4 is 35.8 Å². The molecule has 0 aliphatic carbocycles. The first-order chi connectivity index (χ1) is 10.7. The molecule has 0 radical (unpaired) electrons. The Labute approximate surface area is 155 Å². The van der Waals surface area contributed by atoms with Gasteiger partial charge in [0.05, 0.1) is 0 Å². The molecule has 0 unspecified atom stereocenters. The number of ether oxygens (including phenoxy) is 1. The van der Waals surface area contributed by atoms with Crippen molar-refractivity contribution in [3.63, 3.8) is 0 Å². The maximum absolute atomic E-state index is 11.0. The largest absolute Gasteiger partial charge is 0.382 e. The first-order valence-electron chi connectivity index (χ1n) is 7.58. The zero-order valence-corrected chi connectivity index (χ0v) is 16.1. The van der Waals surface area contributed by atoms with E-state index < -0.39 is 5.91 Å². The van der Waals surface area contributed by atoms with Crippen LogP contribution in [0.1, 0.15) is 35.7 Å². The van der Waals surface area contributed by atoms with Gasteiger partial charge in [-0.3, -0.25) is 9.79 Å². The second-order valence-corrected chi connectivity index (χ2v) is 4.82. The summed E-state index contributed by atoms with van der Waals surface area (Å²) in [5, 5.41) is 6.48. The summed E-state index contributed by atoms with van der Waals surface area (Å²) >= 11 is 0. The highest BCUT2D eigenvalue weighted by atomic mass is 127. The van der Waals surface area contributed by atoms with Crippen LogP contribution in [0, 0.1) is 0 Å². The number of nitrogens with zero attached hydrogens (tertiary/aromatic N) is 1. The SMILES string of the molecule is CCOCCCCNC(=NC)NCc1ccc(C(N)=O)cc1.I. The highest BCUT2D eigenvalue weighted by molar-refractivity contribution is 14.0. The van der Waals surface area contributed by atoms with Gasteiger partial charge in [0.25, 0.3) is 0 Å². The number of primary amides is 1. The van der Waals surface area contributed by atoms with Gasteiger partial charge in [-0.05, 0) is 37.5 Å². The molecular weight excluding hydrogens is 407 g/mol. The second-order valence-electron chi connectivity index (χ2n) is 4.82. The number of halogens is 1. The Morgan fingerprint density at radius 1 is 1.22 bits per heavy atom. The van der Waals surface area contributed by atoms with Crippen LogP contribution in [0.3, 0.4) is 0 Å². The summed E-state index contributed by atoms with van der Waals surface area (Å²) in [6, 6.07) is 7.21. The van der Waals surface area contributed by atoms with Gasteiger partial charge in [0, 0.05) is 38.9 Å². The lowest BCUT2D eigenvalue weighted by molar-refractivity contribution is 0.100. The molecule has 0 aromatic heterocycles. The fourth-order valence-electron chi connectivity index (χ4n) is 1.87. The molecule has 0 saturated heterocycles. The summed E-state index contributed by atoms with van der Waals surface area (Å²) in [6.07, 6.45) is 2.07. The minimum Gasteiger partial charge on any atom is -0.382 e. The highest BCUT2D eigenvalue weighted by Gasteiger charge is 2.01. The molecule has 6 nitrogen and oxygen atoms in total. The number of unbranched alkanes of at least 4 members (excludes halogenated alkanes) is 1. The Balaban J connectivity index is 0.00000484. The maximum Gasteiger partial charge on any atom is 0.248 e. The Hall–Kier alpha value is -1.35. The van der Waals surface area contributed by atoms with E-state index in [0.717, 1.165) is 44.1 Å². The van der Waals surface area contributed by atoms with E-state index in [9.17, 15) is 4.79 Å². The number of benzene rings is 1. The molecule has 23 heavy (non-hydrogen) atoms. The molecular formula is C16H27IN4O2. The smallest absolute Gasteiger partial charge is 0.248 e. The second kappa shape index (κ2) is 13.1. The molecule has 0 heterocycles. The zero-order chi connectivity index (χ0) is 16.2. The van der Waals surface area contributed by atoms with Gasteiger partial charge in [-0.2, -0.15) is 0 Å². The van der Waals surface area contributed by atoms with Gasteiger partial charge < -0.3 is 21.1 Å². The van der Waals surface area contributed by atoms with Crippen LogP contribution in [0.25, 0.3) is 0 Å². The van der Waals surface area contributed by atoms with Crippen LogP contribution in [0.5, 0.6) is 0 Å². The zero-order valence-electron chi connectivity index (χ0n) is 13.8. The van der Waals surface area contributed by atoms with Crippen molar-refractivity contribution in [3.05, 3.63) is 35.4 Å². The van der Waals surface area contributed by atoms with Crippen molar-refractivity contribution < 1.29 is 9.53 Å². The molecule has 1 aromatic carbocycles. The molecule has 0 aliphatic heterocycles. The van der Waals surface area contributed by atoms with Crippen molar-refractivity contribution in [1.82, 2.24) is 10.6 Å². The van der Waals surface area contributed by atoms with Crippen LogP contribution < -0.4 is 16.4 Å². The van der Waals surface area contributed by atoms with Gasteiger partial charge >= 0.3 is 0 Å². The first kappa shape index (κ1) is 21.6. The predicted molar refractivity (Wildman–Crippen MR) is 104 cm³/mol. The van der Waals surface area contributed by atoms with E-state index in [1.807, 2.05) is 19.1 Å². The number of guanidine groups is 1. The number of rotatable bonds is 9. The fraction of sp³-hybridized carbons (Fsp3) is 0.500. The number of hydrogen-bond acceptors (Lipinski definition) is 3. The summed E-state index contributed by atoms with van der Waals surface area (Å²) in [6.45, 7) is 5.06. The van der Waals surface area contributed by atoms with Gasteiger partial charge in [0.15, 0.2) is 5.96 Å². The number of hydrogen-bond donors (Lipinski definition) is 3. The molecule has 4 N–H and O–H groups in total. The molecule has 0 atom stereocenters. The molecule has 0 aliphatic rings. The molecule has 1 rings (SSSR count). The maximum atomic E-state index is 11.0. The van der Waals surface area contributed by atoms with Crippen molar-refractivity contribution in [3.8, 4) is 0 Å². The number of carbonyl (C=O) groups is 1. The van der Waals surface area contributed by atoms with Crippen molar-refractivity contribution in [2.45, 2.75) is 26.3 Å². The summed E-state index contributed by atoms with van der Waals surface area (Å²) in [4.78, 5) is 15.2. The third-order valence-electron chi connectivity index (χ3n) is 3.13. The number of nitrogens with two attached hydrogens (primary N) is 1. The van der Waals surface area contributed by atoms with Gasteiger partial charge in [-0.25, -0.2) is 0 Å². The Bertz CT molecular complexity index is 477. The summed E-state index contributed by atoms with van der Waals surface area (Å²) in [5.74, 6) is 0.347. The molecule has 1 amide bonds. The van der Waals surface area contributed by atoms with Crippen molar-refractivity contribution in [2.24, 2.45) is 10.7 Å². The lowest BCUT2D eigenvalue weighted by atomic mass is 10.1. The van der Waals surface area contributed by atoms with Crippen LogP contribution in [0.4, 0.5) is 0 Å². The topological polar surface area (TPSA) is 88.7 Å². The molecule has 130 valence electrons. The Morgan fingerprint density at radius 2 is 1.91 bits per heavy atom. The van der Waals surface area contributed by atoms with Crippen molar-refractivity contribution in [1.29, 1.82) is 0 Å². The number of nitrogens with one attached hydrogen (secondary N) is 2. The Morgan fingerprint density at radius 3 is 2.48 bits per heavy atom. The van der Waals surface area contributed by atoms with E-state index in [1.54, 1.807) is 19.2 Å². The van der Waals surface area contributed by atoms with Gasteiger partial charge in [0.2, 0.25) is 5.91 Å². The van der Waals surface area contributed by atoms with Gasteiger partial charge in [-0.15, -0.1) is 24.0 Å². The molecule has 0 fully saturated rings. The van der Waals surface area contributed by atoms with Gasteiger partial charge in [0.1, 0.15) is 0 Å². The quantitative estimate of drug-likeness (QED) is 0.240. The minimum absolute atomic E-state index is 0. The van der Waals surface area contributed by atoms with E-state index in [4.69, 9.17) is 10.5 Å². The molecule has 7 heteroatoms. The van der Waals surface area contributed by atoms with E-state index >= 15 is 0 Å². The normalized spacial score (nSPS) is 10.8. The van der Waals surface area contributed by atoms with Crippen molar-refractivity contribution in [2.75, 3.05) is 26.8 Å². The number of amides is 1. The molecule has 0 spiro atoms. The monoisotopic (exact) mass is 434 g/mol. The fourth-order valence-corrected chi connectivity index (χ4v) is 1.87. The van der Waals surface area contributed by atoms with Crippen LogP contribution in [-0.4, -0.2) is 38.7 Å². The number of carbonyl (C=O) groups excluding carboxylic acids is 1. The van der Waals surface area contributed by atoms with Crippen LogP contribution >= 0.6 is 24.0 Å². The summed E-state index contributed by atoms with van der Waals surface area (Å²) in [7, 11) is 1.74. The van der Waals surface area contributed by atoms with E-state index in [-0.39, 0.29) is 24.0 Å². The lowest BCUT2D eigenvalue weighted by Gasteiger charge is -2.12. The predicted octanol–water partition coefficient (Wildman–Crippen LogP) is 1.89. The van der Waals surface area contributed by atoms with Crippen LogP contribution in [-0.2, 0) is 11.3 Å². The molecule has 0 saturated carbocycles. The van der Waals surface area contributed by atoms with E-state index in [1.165, 1.54) is 0 Å². The van der Waals surface area contributed by atoms with Crippen LogP contribution in [0.15, 0.2) is 29.3 Å². The third-order valence-corrected chi connectivity index (χ3v) is 3.13. The first-order valence-corrected chi connectivity index (χ1v) is 7.58. The lowest BCUT2D eigenvalue weighted by Crippen LogP contribution is -2.37. The number of aliphatic imine (C=N–C) groups is 1. The van der Waals surface area contributed by atoms with E-state index in [2.05, 4.69) is 15.6 Å². The highest BCUT2D eigenvalue weighted by Crippen LogP contribution is 2.03. The van der Waals surface area contributed by atoms with Crippen LogP contribution in [0.2, 0.25) is 0 Å². The van der Waals surface area contributed by atoms with E-state index in [0.29, 0.717) is 12.1 Å². The summed E-state index contributed by atoms with van der Waals surface area (Å²) < 4.78 is 5.29. The Kier molecular flexibility index (Phi) is 12.4. The molecule has 1 aromatic rings. The minimum atomic E-state index is -0.413. The average Bonchev–Trinajstić information content (AvgIpc) is 2.54. The standard InChI is InChI=1S/C16H26N4O2.HI/c1-3-22-11-5-4-10-19-16(18-2)20-12-13-6-8-14(9-7-13)15(17)21;/h6-9H,3-5,10-12H2,1-2H3,(H2,17,21)(H2,18,19,20);1H. The van der Waals surface area contributed by atoms with Gasteiger partial charge in [-0.1, -0.05) is 12.1 Å². The molecule has 0 bridgehead atoms. The average molecular weight is 434 g/mol. The summed E-state index contributed by atoms with van der Waals surface area (Å²) in [5.41, 5.74) is 6.79. The third kappa shape index (κ3) is 9.39.